The van der Waals surface area contributed by atoms with E-state index in [1.165, 1.54) is 30.3 Å². The summed E-state index contributed by atoms with van der Waals surface area (Å²) in [5.74, 6) is 1.63. The molecule has 0 saturated carbocycles. The maximum atomic E-state index is 12.5. The molecule has 7 nitrogen and oxygen atoms in total. The molecule has 0 spiro atoms. The van der Waals surface area contributed by atoms with Gasteiger partial charge in [0.15, 0.2) is 11.0 Å². The van der Waals surface area contributed by atoms with Crippen LogP contribution >= 0.6 is 11.8 Å². The number of rotatable bonds is 12. The number of alkyl halides is 2. The zero-order chi connectivity index (χ0) is 24.5. The number of halogens is 2. The minimum atomic E-state index is -2.87. The fourth-order valence-electron chi connectivity index (χ4n) is 3.95. The Hall–Kier alpha value is -2.20. The van der Waals surface area contributed by atoms with Gasteiger partial charge in [0.05, 0.1) is 12.3 Å². The number of aromatic nitrogens is 3. The summed E-state index contributed by atoms with van der Waals surface area (Å²) in [6.07, 6.45) is 5.56. The van der Waals surface area contributed by atoms with Crippen LogP contribution in [0.3, 0.4) is 0 Å². The molecule has 2 heterocycles. The minimum absolute atomic E-state index is 0.0472. The molecule has 1 unspecified atom stereocenters. The largest absolute Gasteiger partial charge is 0.435 e. The molecule has 0 bridgehead atoms. The second-order valence-electron chi connectivity index (χ2n) is 9.17. The standard InChI is InChI=1S/C24H35F2N5O2S/c1-17(2)7-8-18(3)27-22(32)16-34-24-29-28-21(15-30-13-5-4-6-14-30)31(24)19-9-11-20(12-10-19)33-23(25)26/h9-12,17-18,23H,4-8,13-16H2,1-3H3,(H,27,32). The molecule has 188 valence electrons. The van der Waals surface area contributed by atoms with Crippen molar-refractivity contribution in [1.82, 2.24) is 25.0 Å². The van der Waals surface area contributed by atoms with Gasteiger partial charge in [-0.2, -0.15) is 8.78 Å². The van der Waals surface area contributed by atoms with E-state index in [2.05, 4.69) is 39.0 Å². The van der Waals surface area contributed by atoms with Gasteiger partial charge in [0.2, 0.25) is 5.91 Å². The van der Waals surface area contributed by atoms with Crippen LogP contribution in [0.2, 0.25) is 0 Å². The van der Waals surface area contributed by atoms with Gasteiger partial charge in [0, 0.05) is 11.7 Å². The number of thioether (sulfide) groups is 1. The normalized spacial score (nSPS) is 15.6. The summed E-state index contributed by atoms with van der Waals surface area (Å²) in [6, 6.07) is 6.54. The second kappa shape index (κ2) is 13.0. The maximum Gasteiger partial charge on any atom is 0.387 e. The van der Waals surface area contributed by atoms with Crippen LogP contribution in [0.5, 0.6) is 5.75 Å². The highest BCUT2D eigenvalue weighted by atomic mass is 32.2. The van der Waals surface area contributed by atoms with E-state index in [0.29, 0.717) is 17.6 Å². The lowest BCUT2D eigenvalue weighted by atomic mass is 10.0. The highest BCUT2D eigenvalue weighted by molar-refractivity contribution is 7.99. The number of benzene rings is 1. The van der Waals surface area contributed by atoms with Gasteiger partial charge in [-0.3, -0.25) is 14.3 Å². The number of likely N-dealkylation sites (tertiary alicyclic amines) is 1. The van der Waals surface area contributed by atoms with E-state index in [0.717, 1.165) is 50.3 Å². The summed E-state index contributed by atoms with van der Waals surface area (Å²) in [4.78, 5) is 14.8. The van der Waals surface area contributed by atoms with Gasteiger partial charge in [0.25, 0.3) is 0 Å². The predicted molar refractivity (Wildman–Crippen MR) is 130 cm³/mol. The molecule has 0 radical (unpaired) electrons. The first-order chi connectivity index (χ1) is 16.3. The molecule has 2 aromatic rings. The van der Waals surface area contributed by atoms with Crippen LogP contribution in [0.15, 0.2) is 29.4 Å². The van der Waals surface area contributed by atoms with Crippen molar-refractivity contribution in [1.29, 1.82) is 0 Å². The highest BCUT2D eigenvalue weighted by Crippen LogP contribution is 2.25. The minimum Gasteiger partial charge on any atom is -0.435 e. The van der Waals surface area contributed by atoms with E-state index < -0.39 is 6.61 Å². The zero-order valence-corrected chi connectivity index (χ0v) is 21.0. The third-order valence-electron chi connectivity index (χ3n) is 5.75. The van der Waals surface area contributed by atoms with Crippen LogP contribution in [0.25, 0.3) is 5.69 Å². The van der Waals surface area contributed by atoms with Crippen molar-refractivity contribution in [2.45, 2.75) is 77.2 Å². The van der Waals surface area contributed by atoms with Gasteiger partial charge in [-0.1, -0.05) is 32.0 Å². The van der Waals surface area contributed by atoms with Gasteiger partial charge in [-0.05, 0) is 75.9 Å². The van der Waals surface area contributed by atoms with Crippen LogP contribution in [0.1, 0.15) is 58.7 Å². The fraction of sp³-hybridized carbons (Fsp3) is 0.625. The van der Waals surface area contributed by atoms with E-state index in [9.17, 15) is 13.6 Å². The molecule has 1 aromatic carbocycles. The third kappa shape index (κ3) is 8.23. The van der Waals surface area contributed by atoms with Crippen molar-refractivity contribution >= 4 is 17.7 Å². The lowest BCUT2D eigenvalue weighted by molar-refractivity contribution is -0.119. The van der Waals surface area contributed by atoms with E-state index in [1.54, 1.807) is 12.1 Å². The van der Waals surface area contributed by atoms with Crippen molar-refractivity contribution in [2.75, 3.05) is 18.8 Å². The number of piperidine rings is 1. The van der Waals surface area contributed by atoms with Crippen LogP contribution in [-0.2, 0) is 11.3 Å². The topological polar surface area (TPSA) is 72.3 Å². The number of nitrogens with zero attached hydrogens (tertiary/aromatic N) is 4. The Morgan fingerprint density at radius 1 is 1.09 bits per heavy atom. The zero-order valence-electron chi connectivity index (χ0n) is 20.2. The summed E-state index contributed by atoms with van der Waals surface area (Å²) < 4.78 is 31.5. The molecule has 1 N–H and O–H groups in total. The molecule has 34 heavy (non-hydrogen) atoms. The number of hydrogen-bond acceptors (Lipinski definition) is 6. The van der Waals surface area contributed by atoms with Gasteiger partial charge < -0.3 is 10.1 Å². The lowest BCUT2D eigenvalue weighted by Crippen LogP contribution is -2.34. The first-order valence-electron chi connectivity index (χ1n) is 12.0. The van der Waals surface area contributed by atoms with Crippen molar-refractivity contribution in [3.63, 3.8) is 0 Å². The van der Waals surface area contributed by atoms with E-state index in [4.69, 9.17) is 0 Å². The summed E-state index contributed by atoms with van der Waals surface area (Å²) in [5, 5.41) is 12.4. The Morgan fingerprint density at radius 3 is 2.44 bits per heavy atom. The molecular formula is C24H35F2N5O2S. The average Bonchev–Trinajstić information content (AvgIpc) is 3.19. The molecule has 3 rings (SSSR count). The molecule has 0 aliphatic carbocycles. The molecule has 1 aliphatic rings. The number of carbonyl (C=O) groups excluding carboxylic acids is 1. The molecule has 1 atom stereocenters. The van der Waals surface area contributed by atoms with Crippen molar-refractivity contribution in [3.8, 4) is 11.4 Å². The van der Waals surface area contributed by atoms with Crippen LogP contribution in [-0.4, -0.2) is 57.1 Å². The summed E-state index contributed by atoms with van der Waals surface area (Å²) >= 11 is 1.32. The Morgan fingerprint density at radius 2 is 1.79 bits per heavy atom. The van der Waals surface area contributed by atoms with E-state index in [-0.39, 0.29) is 23.5 Å². The van der Waals surface area contributed by atoms with Crippen LogP contribution in [0.4, 0.5) is 8.78 Å². The third-order valence-corrected chi connectivity index (χ3v) is 6.68. The maximum absolute atomic E-state index is 12.5. The number of hydrogen-bond donors (Lipinski definition) is 1. The van der Waals surface area contributed by atoms with Gasteiger partial charge in [-0.15, -0.1) is 10.2 Å². The monoisotopic (exact) mass is 495 g/mol. The van der Waals surface area contributed by atoms with Crippen molar-refractivity contribution in [3.05, 3.63) is 30.1 Å². The Bertz CT molecular complexity index is 901. The van der Waals surface area contributed by atoms with E-state index >= 15 is 0 Å². The first-order valence-corrected chi connectivity index (χ1v) is 12.9. The molecule has 1 amide bonds. The summed E-state index contributed by atoms with van der Waals surface area (Å²) in [5.41, 5.74) is 0.742. The number of ether oxygens (including phenoxy) is 1. The highest BCUT2D eigenvalue weighted by Gasteiger charge is 2.20. The van der Waals surface area contributed by atoms with Gasteiger partial charge in [0.1, 0.15) is 5.75 Å². The molecule has 1 aromatic heterocycles. The lowest BCUT2D eigenvalue weighted by Gasteiger charge is -2.26. The summed E-state index contributed by atoms with van der Waals surface area (Å²) in [7, 11) is 0. The SMILES string of the molecule is CC(C)CCC(C)NC(=O)CSc1nnc(CN2CCCCC2)n1-c1ccc(OC(F)F)cc1. The van der Waals surface area contributed by atoms with Crippen molar-refractivity contribution in [2.24, 2.45) is 5.92 Å². The van der Waals surface area contributed by atoms with Gasteiger partial charge in [-0.25, -0.2) is 0 Å². The number of carbonyl (C=O) groups is 1. The Balaban J connectivity index is 1.72. The number of amides is 1. The Kier molecular flexibility index (Phi) is 10.1. The quantitative estimate of drug-likeness (QED) is 0.423. The van der Waals surface area contributed by atoms with Crippen molar-refractivity contribution < 1.29 is 18.3 Å². The average molecular weight is 496 g/mol. The fourth-order valence-corrected chi connectivity index (χ4v) is 4.73. The molecule has 1 aliphatic heterocycles. The van der Waals surface area contributed by atoms with Gasteiger partial charge >= 0.3 is 6.61 Å². The molecule has 1 fully saturated rings. The second-order valence-corrected chi connectivity index (χ2v) is 10.1. The molecule has 1 saturated heterocycles. The van der Waals surface area contributed by atoms with Crippen LogP contribution < -0.4 is 10.1 Å². The van der Waals surface area contributed by atoms with Crippen LogP contribution in [0, 0.1) is 5.92 Å². The predicted octanol–water partition coefficient (Wildman–Crippen LogP) is 4.89. The summed E-state index contributed by atoms with van der Waals surface area (Å²) in [6.45, 7) is 6.15. The molecular weight excluding hydrogens is 460 g/mol. The van der Waals surface area contributed by atoms with E-state index in [1.807, 2.05) is 11.5 Å². The first kappa shape index (κ1) is 26.4. The Labute approximate surface area is 204 Å². The number of nitrogens with one attached hydrogen (secondary N) is 1. The molecule has 10 heteroatoms. The smallest absolute Gasteiger partial charge is 0.387 e.